The summed E-state index contributed by atoms with van der Waals surface area (Å²) in [6.07, 6.45) is 0. The van der Waals surface area contributed by atoms with Crippen molar-refractivity contribution in [1.29, 1.82) is 0 Å². The minimum Gasteiger partial charge on any atom is -0.347 e. The van der Waals surface area contributed by atoms with Crippen molar-refractivity contribution in [2.24, 2.45) is 0 Å². The second kappa shape index (κ2) is 4.09. The van der Waals surface area contributed by atoms with Crippen LogP contribution in [0.3, 0.4) is 0 Å². The van der Waals surface area contributed by atoms with Crippen LogP contribution < -0.4 is 0 Å². The molecule has 1 unspecified atom stereocenters. The van der Waals surface area contributed by atoms with Crippen molar-refractivity contribution in [3.8, 4) is 0 Å². The predicted octanol–water partition coefficient (Wildman–Crippen LogP) is -0.0586. The maximum absolute atomic E-state index is 11.3. The van der Waals surface area contributed by atoms with E-state index in [2.05, 4.69) is 0 Å². The zero-order valence-electron chi connectivity index (χ0n) is 8.29. The first kappa shape index (κ1) is 10.9. The average Bonchev–Trinajstić information content (AvgIpc) is 2.00. The fourth-order valence-electron chi connectivity index (χ4n) is 0.812. The minimum atomic E-state index is -0.377. The van der Waals surface area contributed by atoms with Crippen LogP contribution in [0.25, 0.3) is 0 Å². The zero-order chi connectivity index (χ0) is 9.89. The molecule has 70 valence electrons. The number of hydrogen-bond acceptors (Lipinski definition) is 2. The number of amides is 2. The van der Waals surface area contributed by atoms with Gasteiger partial charge in [0.05, 0.1) is 0 Å². The zero-order valence-corrected chi connectivity index (χ0v) is 8.29. The first-order valence-corrected chi connectivity index (χ1v) is 3.82. The smallest absolute Gasteiger partial charge is 0.244 e. The molecule has 4 nitrogen and oxygen atoms in total. The van der Waals surface area contributed by atoms with Crippen molar-refractivity contribution in [1.82, 2.24) is 9.80 Å². The minimum absolute atomic E-state index is 0.0623. The largest absolute Gasteiger partial charge is 0.347 e. The second-order valence-corrected chi connectivity index (χ2v) is 3.04. The number of carbonyl (C=O) groups excluding carboxylic acids is 2. The molecule has 0 aliphatic carbocycles. The second-order valence-electron chi connectivity index (χ2n) is 3.04. The molecule has 0 saturated carbocycles. The van der Waals surface area contributed by atoms with Gasteiger partial charge in [-0.3, -0.25) is 9.59 Å². The summed E-state index contributed by atoms with van der Waals surface area (Å²) < 4.78 is 0. The normalized spacial score (nSPS) is 12.1. The van der Waals surface area contributed by atoms with E-state index in [-0.39, 0.29) is 17.9 Å². The van der Waals surface area contributed by atoms with Crippen LogP contribution in [-0.2, 0) is 9.59 Å². The summed E-state index contributed by atoms with van der Waals surface area (Å²) in [5.41, 5.74) is 0. The summed E-state index contributed by atoms with van der Waals surface area (Å²) in [5, 5.41) is 0. The molecular weight excluding hydrogens is 156 g/mol. The highest BCUT2D eigenvalue weighted by Gasteiger charge is 2.20. The van der Waals surface area contributed by atoms with E-state index in [0.29, 0.717) is 0 Å². The van der Waals surface area contributed by atoms with Crippen molar-refractivity contribution in [3.05, 3.63) is 0 Å². The Hall–Kier alpha value is -1.06. The number of hydrogen-bond donors (Lipinski definition) is 0. The Kier molecular flexibility index (Phi) is 3.73. The van der Waals surface area contributed by atoms with Crippen molar-refractivity contribution in [2.45, 2.75) is 19.9 Å². The van der Waals surface area contributed by atoms with Crippen molar-refractivity contribution in [3.63, 3.8) is 0 Å². The molecule has 0 aliphatic rings. The molecule has 0 aliphatic heterocycles. The van der Waals surface area contributed by atoms with E-state index in [4.69, 9.17) is 0 Å². The summed E-state index contributed by atoms with van der Waals surface area (Å²) >= 11 is 0. The summed E-state index contributed by atoms with van der Waals surface area (Å²) in [7, 11) is 4.97. The molecule has 0 aromatic carbocycles. The standard InChI is InChI=1S/C8H16N2O2/c1-6(8(12)9(3)4)10(5)7(2)11/h6H,1-5H3. The van der Waals surface area contributed by atoms with Crippen molar-refractivity contribution in [2.75, 3.05) is 21.1 Å². The molecule has 0 rings (SSSR count). The lowest BCUT2D eigenvalue weighted by molar-refractivity contribution is -0.141. The molecule has 0 heterocycles. The maximum Gasteiger partial charge on any atom is 0.244 e. The number of carbonyl (C=O) groups is 2. The van der Waals surface area contributed by atoms with E-state index >= 15 is 0 Å². The maximum atomic E-state index is 11.3. The van der Waals surface area contributed by atoms with Crippen LogP contribution in [0.4, 0.5) is 0 Å². The highest BCUT2D eigenvalue weighted by atomic mass is 16.2. The molecule has 0 spiro atoms. The van der Waals surface area contributed by atoms with Crippen LogP contribution in [-0.4, -0.2) is 48.8 Å². The Morgan fingerprint density at radius 1 is 1.17 bits per heavy atom. The first-order valence-electron chi connectivity index (χ1n) is 3.82. The quantitative estimate of drug-likeness (QED) is 0.585. The molecule has 0 N–H and O–H groups in total. The van der Waals surface area contributed by atoms with Gasteiger partial charge in [0, 0.05) is 28.1 Å². The van der Waals surface area contributed by atoms with Crippen LogP contribution in [0, 0.1) is 0 Å². The van der Waals surface area contributed by atoms with Gasteiger partial charge in [0.25, 0.3) is 0 Å². The van der Waals surface area contributed by atoms with E-state index in [1.807, 2.05) is 0 Å². The van der Waals surface area contributed by atoms with E-state index in [1.165, 1.54) is 16.7 Å². The van der Waals surface area contributed by atoms with Crippen molar-refractivity contribution >= 4 is 11.8 Å². The Bertz CT molecular complexity index is 189. The van der Waals surface area contributed by atoms with E-state index in [1.54, 1.807) is 28.1 Å². The average molecular weight is 172 g/mol. The lowest BCUT2D eigenvalue weighted by Crippen LogP contribution is -2.44. The van der Waals surface area contributed by atoms with Gasteiger partial charge >= 0.3 is 0 Å². The molecule has 0 radical (unpaired) electrons. The fraction of sp³-hybridized carbons (Fsp3) is 0.750. The molecule has 0 bridgehead atoms. The highest BCUT2D eigenvalue weighted by molar-refractivity contribution is 5.86. The van der Waals surface area contributed by atoms with Gasteiger partial charge in [-0.15, -0.1) is 0 Å². The van der Waals surface area contributed by atoms with Crippen LogP contribution in [0.15, 0.2) is 0 Å². The summed E-state index contributed by atoms with van der Waals surface area (Å²) in [5.74, 6) is -0.162. The number of rotatable bonds is 2. The number of likely N-dealkylation sites (N-methyl/N-ethyl adjacent to an activating group) is 2. The fourth-order valence-corrected chi connectivity index (χ4v) is 0.812. The molecule has 0 aromatic rings. The molecule has 12 heavy (non-hydrogen) atoms. The molecule has 0 fully saturated rings. The first-order chi connectivity index (χ1) is 5.37. The molecule has 1 atom stereocenters. The van der Waals surface area contributed by atoms with E-state index in [0.717, 1.165) is 0 Å². The molecule has 4 heteroatoms. The van der Waals surface area contributed by atoms with Gasteiger partial charge in [0.1, 0.15) is 6.04 Å². The Morgan fingerprint density at radius 2 is 1.58 bits per heavy atom. The summed E-state index contributed by atoms with van der Waals surface area (Å²) in [4.78, 5) is 25.1. The van der Waals surface area contributed by atoms with Gasteiger partial charge in [-0.05, 0) is 6.92 Å². The van der Waals surface area contributed by atoms with E-state index < -0.39 is 0 Å². The Morgan fingerprint density at radius 3 is 1.83 bits per heavy atom. The van der Waals surface area contributed by atoms with Gasteiger partial charge in [0.2, 0.25) is 11.8 Å². The van der Waals surface area contributed by atoms with Gasteiger partial charge < -0.3 is 9.80 Å². The van der Waals surface area contributed by atoms with Crippen LogP contribution >= 0.6 is 0 Å². The monoisotopic (exact) mass is 172 g/mol. The Balaban J connectivity index is 4.29. The molecule has 2 amide bonds. The summed E-state index contributed by atoms with van der Waals surface area (Å²) in [6.45, 7) is 3.16. The third kappa shape index (κ3) is 2.53. The third-order valence-corrected chi connectivity index (χ3v) is 1.88. The van der Waals surface area contributed by atoms with Gasteiger partial charge in [-0.25, -0.2) is 0 Å². The van der Waals surface area contributed by atoms with Crippen LogP contribution in [0.1, 0.15) is 13.8 Å². The molecular formula is C8H16N2O2. The van der Waals surface area contributed by atoms with Gasteiger partial charge in [-0.1, -0.05) is 0 Å². The molecule has 0 saturated heterocycles. The highest BCUT2D eigenvalue weighted by Crippen LogP contribution is 1.98. The van der Waals surface area contributed by atoms with Gasteiger partial charge in [0.15, 0.2) is 0 Å². The van der Waals surface area contributed by atoms with Crippen LogP contribution in [0.2, 0.25) is 0 Å². The van der Waals surface area contributed by atoms with Gasteiger partial charge in [-0.2, -0.15) is 0 Å². The lowest BCUT2D eigenvalue weighted by Gasteiger charge is -2.25. The predicted molar refractivity (Wildman–Crippen MR) is 46.6 cm³/mol. The summed E-state index contributed by atoms with van der Waals surface area (Å²) in [6, 6.07) is -0.377. The number of nitrogens with zero attached hydrogens (tertiary/aromatic N) is 2. The molecule has 0 aromatic heterocycles. The van der Waals surface area contributed by atoms with Crippen LogP contribution in [0.5, 0.6) is 0 Å². The topological polar surface area (TPSA) is 40.6 Å². The van der Waals surface area contributed by atoms with E-state index in [9.17, 15) is 9.59 Å². The van der Waals surface area contributed by atoms with Crippen molar-refractivity contribution < 1.29 is 9.59 Å². The Labute approximate surface area is 73.1 Å². The third-order valence-electron chi connectivity index (χ3n) is 1.88. The SMILES string of the molecule is CC(=O)N(C)C(C)C(=O)N(C)C. The lowest BCUT2D eigenvalue weighted by atomic mass is 10.2.